The molecule has 0 amide bonds. The van der Waals surface area contributed by atoms with Gasteiger partial charge < -0.3 is 4.74 Å². The van der Waals surface area contributed by atoms with E-state index >= 15 is 0 Å². The van der Waals surface area contributed by atoms with E-state index in [1.807, 2.05) is 41.1 Å². The Morgan fingerprint density at radius 3 is 2.37 bits per heavy atom. The highest BCUT2D eigenvalue weighted by Gasteiger charge is 2.09. The van der Waals surface area contributed by atoms with Gasteiger partial charge in [-0.15, -0.1) is 10.2 Å². The van der Waals surface area contributed by atoms with E-state index in [9.17, 15) is 0 Å². The standard InChI is InChI=1S/C21H23N5O/c1-2-3-14-27-21-10-6-18(7-11-21)12-13-26(25-16-23-24-17-25)20-8-4-19(15-22)5-9-20/h4-11,16-17H,2-3,12-14H2,1H3. The van der Waals surface area contributed by atoms with Gasteiger partial charge in [0.25, 0.3) is 0 Å². The maximum absolute atomic E-state index is 8.99. The van der Waals surface area contributed by atoms with Crippen LogP contribution in [-0.2, 0) is 6.42 Å². The van der Waals surface area contributed by atoms with E-state index in [-0.39, 0.29) is 0 Å². The first-order valence-corrected chi connectivity index (χ1v) is 9.14. The summed E-state index contributed by atoms with van der Waals surface area (Å²) in [6.07, 6.45) is 6.39. The van der Waals surface area contributed by atoms with E-state index in [2.05, 4.69) is 40.3 Å². The lowest BCUT2D eigenvalue weighted by Gasteiger charge is -2.25. The zero-order valence-electron chi connectivity index (χ0n) is 15.5. The summed E-state index contributed by atoms with van der Waals surface area (Å²) >= 11 is 0. The van der Waals surface area contributed by atoms with Crippen LogP contribution in [0.3, 0.4) is 0 Å². The van der Waals surface area contributed by atoms with Crippen LogP contribution in [0.1, 0.15) is 30.9 Å². The molecule has 1 heterocycles. The van der Waals surface area contributed by atoms with Gasteiger partial charge in [0.15, 0.2) is 0 Å². The third-order valence-corrected chi connectivity index (χ3v) is 4.28. The molecule has 2 aromatic carbocycles. The predicted molar refractivity (Wildman–Crippen MR) is 104 cm³/mol. The van der Waals surface area contributed by atoms with Crippen LogP contribution >= 0.6 is 0 Å². The van der Waals surface area contributed by atoms with E-state index < -0.39 is 0 Å². The van der Waals surface area contributed by atoms with Crippen LogP contribution in [0, 0.1) is 11.3 Å². The molecule has 3 aromatic rings. The molecule has 0 aliphatic carbocycles. The Morgan fingerprint density at radius 2 is 1.74 bits per heavy atom. The van der Waals surface area contributed by atoms with E-state index in [4.69, 9.17) is 10.00 Å². The molecule has 0 unspecified atom stereocenters. The van der Waals surface area contributed by atoms with Crippen molar-refractivity contribution in [2.45, 2.75) is 26.2 Å². The van der Waals surface area contributed by atoms with Crippen molar-refractivity contribution >= 4 is 5.69 Å². The van der Waals surface area contributed by atoms with Gasteiger partial charge in [-0.05, 0) is 54.8 Å². The van der Waals surface area contributed by atoms with Gasteiger partial charge in [0, 0.05) is 6.54 Å². The Hall–Kier alpha value is -3.33. The first-order valence-electron chi connectivity index (χ1n) is 9.14. The largest absolute Gasteiger partial charge is 0.494 e. The zero-order chi connectivity index (χ0) is 18.9. The molecule has 138 valence electrons. The maximum Gasteiger partial charge on any atom is 0.139 e. The van der Waals surface area contributed by atoms with Gasteiger partial charge in [0.2, 0.25) is 0 Å². The first kappa shape index (κ1) is 18.5. The number of anilines is 1. The van der Waals surface area contributed by atoms with E-state index in [1.165, 1.54) is 5.56 Å². The molecule has 0 fully saturated rings. The fraction of sp³-hybridized carbons (Fsp3) is 0.286. The second kappa shape index (κ2) is 9.39. The molecule has 0 N–H and O–H groups in total. The van der Waals surface area contributed by atoms with E-state index in [0.29, 0.717) is 5.56 Å². The highest BCUT2D eigenvalue weighted by atomic mass is 16.5. The van der Waals surface area contributed by atoms with Crippen molar-refractivity contribution in [3.8, 4) is 11.8 Å². The van der Waals surface area contributed by atoms with Crippen molar-refractivity contribution in [2.75, 3.05) is 18.2 Å². The molecule has 6 nitrogen and oxygen atoms in total. The van der Waals surface area contributed by atoms with Crippen molar-refractivity contribution in [1.29, 1.82) is 5.26 Å². The van der Waals surface area contributed by atoms with Crippen molar-refractivity contribution in [2.24, 2.45) is 0 Å². The van der Waals surface area contributed by atoms with Crippen LogP contribution in [0.15, 0.2) is 61.2 Å². The predicted octanol–water partition coefficient (Wildman–Crippen LogP) is 3.84. The van der Waals surface area contributed by atoms with Crippen LogP contribution < -0.4 is 9.75 Å². The van der Waals surface area contributed by atoms with Crippen LogP contribution in [-0.4, -0.2) is 28.0 Å². The number of nitriles is 1. The quantitative estimate of drug-likeness (QED) is 0.542. The molecule has 0 atom stereocenters. The molecule has 3 rings (SSSR count). The fourth-order valence-corrected chi connectivity index (χ4v) is 2.73. The minimum absolute atomic E-state index is 0.640. The Balaban J connectivity index is 1.67. The summed E-state index contributed by atoms with van der Waals surface area (Å²) < 4.78 is 7.57. The number of unbranched alkanes of at least 4 members (excludes halogenated alkanes) is 1. The van der Waals surface area contributed by atoms with Crippen LogP contribution in [0.4, 0.5) is 5.69 Å². The van der Waals surface area contributed by atoms with Crippen molar-refractivity contribution in [3.05, 3.63) is 72.3 Å². The molecular formula is C21H23N5O. The van der Waals surface area contributed by atoms with Crippen molar-refractivity contribution in [3.63, 3.8) is 0 Å². The van der Waals surface area contributed by atoms with E-state index in [0.717, 1.165) is 43.9 Å². The lowest BCUT2D eigenvalue weighted by molar-refractivity contribution is 0.309. The van der Waals surface area contributed by atoms with Crippen LogP contribution in [0.2, 0.25) is 0 Å². The lowest BCUT2D eigenvalue weighted by Crippen LogP contribution is -2.30. The second-order valence-electron chi connectivity index (χ2n) is 6.22. The third-order valence-electron chi connectivity index (χ3n) is 4.28. The van der Waals surface area contributed by atoms with Gasteiger partial charge in [-0.2, -0.15) is 5.26 Å². The highest BCUT2D eigenvalue weighted by Crippen LogP contribution is 2.18. The number of hydrogen-bond acceptors (Lipinski definition) is 5. The lowest BCUT2D eigenvalue weighted by atomic mass is 10.1. The molecule has 0 radical (unpaired) electrons. The molecule has 27 heavy (non-hydrogen) atoms. The molecule has 0 saturated heterocycles. The molecule has 0 bridgehead atoms. The maximum atomic E-state index is 8.99. The summed E-state index contributed by atoms with van der Waals surface area (Å²) in [5, 5.41) is 18.9. The molecule has 0 saturated carbocycles. The van der Waals surface area contributed by atoms with Crippen molar-refractivity contribution < 1.29 is 4.74 Å². The van der Waals surface area contributed by atoms with Gasteiger partial charge >= 0.3 is 0 Å². The molecular weight excluding hydrogens is 338 g/mol. The summed E-state index contributed by atoms with van der Waals surface area (Å²) in [5.74, 6) is 0.912. The molecule has 0 aliphatic rings. The number of nitrogens with zero attached hydrogens (tertiary/aromatic N) is 5. The normalized spacial score (nSPS) is 10.4. The summed E-state index contributed by atoms with van der Waals surface area (Å²) in [7, 11) is 0. The smallest absolute Gasteiger partial charge is 0.139 e. The first-order chi connectivity index (χ1) is 13.3. The monoisotopic (exact) mass is 361 g/mol. The number of aromatic nitrogens is 3. The minimum atomic E-state index is 0.640. The van der Waals surface area contributed by atoms with Gasteiger partial charge in [-0.3, -0.25) is 5.01 Å². The third kappa shape index (κ3) is 5.08. The van der Waals surface area contributed by atoms with Crippen LogP contribution in [0.5, 0.6) is 5.75 Å². The highest BCUT2D eigenvalue weighted by molar-refractivity contribution is 5.49. The summed E-state index contributed by atoms with van der Waals surface area (Å²) in [6.45, 7) is 3.66. The minimum Gasteiger partial charge on any atom is -0.494 e. The number of ether oxygens (including phenoxy) is 1. The number of benzene rings is 2. The van der Waals surface area contributed by atoms with Gasteiger partial charge in [-0.1, -0.05) is 25.5 Å². The summed E-state index contributed by atoms with van der Waals surface area (Å²) in [4.78, 5) is 0. The average Bonchev–Trinajstić information content (AvgIpc) is 3.24. The SMILES string of the molecule is CCCCOc1ccc(CCN(c2ccc(C#N)cc2)n2cnnc2)cc1. The Bertz CT molecular complexity index is 851. The number of rotatable bonds is 9. The molecule has 0 spiro atoms. The Morgan fingerprint density at radius 1 is 1.04 bits per heavy atom. The van der Waals surface area contributed by atoms with Gasteiger partial charge in [0.05, 0.1) is 23.9 Å². The fourth-order valence-electron chi connectivity index (χ4n) is 2.73. The molecule has 6 heteroatoms. The average molecular weight is 361 g/mol. The summed E-state index contributed by atoms with van der Waals surface area (Å²) in [5.41, 5.74) is 2.85. The zero-order valence-corrected chi connectivity index (χ0v) is 15.5. The van der Waals surface area contributed by atoms with E-state index in [1.54, 1.807) is 12.7 Å². The molecule has 1 aromatic heterocycles. The Labute approximate surface area is 159 Å². The van der Waals surface area contributed by atoms with Gasteiger partial charge in [0.1, 0.15) is 18.4 Å². The van der Waals surface area contributed by atoms with Gasteiger partial charge in [-0.25, -0.2) is 4.68 Å². The summed E-state index contributed by atoms with van der Waals surface area (Å²) in [6, 6.07) is 17.9. The van der Waals surface area contributed by atoms with Crippen LogP contribution in [0.25, 0.3) is 0 Å². The van der Waals surface area contributed by atoms with Crippen molar-refractivity contribution in [1.82, 2.24) is 14.9 Å². The second-order valence-corrected chi connectivity index (χ2v) is 6.22. The molecule has 0 aliphatic heterocycles. The topological polar surface area (TPSA) is 67.0 Å². The number of hydrogen-bond donors (Lipinski definition) is 0. The Kier molecular flexibility index (Phi) is 6.42.